The maximum absolute atomic E-state index is 12.7. The molecule has 2 aliphatic rings. The first kappa shape index (κ1) is 14.0. The molecule has 1 saturated heterocycles. The third-order valence-corrected chi connectivity index (χ3v) is 6.06. The molecule has 1 unspecified atom stereocenters. The predicted octanol–water partition coefficient (Wildman–Crippen LogP) is 2.91. The van der Waals surface area contributed by atoms with Crippen molar-refractivity contribution in [2.75, 3.05) is 13.1 Å². The molecule has 2 aromatic rings. The van der Waals surface area contributed by atoms with Gasteiger partial charge in [0.15, 0.2) is 0 Å². The summed E-state index contributed by atoms with van der Waals surface area (Å²) in [5.74, 6) is 1.70. The van der Waals surface area contributed by atoms with Gasteiger partial charge < -0.3 is 9.47 Å². The van der Waals surface area contributed by atoms with E-state index < -0.39 is 0 Å². The molecule has 0 spiro atoms. The first-order valence-electron chi connectivity index (χ1n) is 8.02. The molecular formula is C17H21N3OS. The van der Waals surface area contributed by atoms with Gasteiger partial charge in [0.25, 0.3) is 5.91 Å². The normalized spacial score (nSPS) is 20.6. The molecule has 1 aliphatic heterocycles. The molecule has 1 aliphatic carbocycles. The molecule has 1 fully saturated rings. The summed E-state index contributed by atoms with van der Waals surface area (Å²) in [5, 5.41) is 0. The topological polar surface area (TPSA) is 38.1 Å². The fourth-order valence-corrected chi connectivity index (χ4v) is 4.98. The van der Waals surface area contributed by atoms with Gasteiger partial charge in [0, 0.05) is 37.1 Å². The fourth-order valence-electron chi connectivity index (χ4n) is 3.76. The number of fused-ring (bicyclic) bond motifs is 1. The number of amides is 1. The zero-order valence-corrected chi connectivity index (χ0v) is 13.9. The average Bonchev–Trinajstić information content (AvgIpc) is 3.19. The van der Waals surface area contributed by atoms with E-state index in [9.17, 15) is 4.79 Å². The van der Waals surface area contributed by atoms with Crippen LogP contribution >= 0.6 is 11.3 Å². The molecule has 5 heteroatoms. The van der Waals surface area contributed by atoms with E-state index in [1.54, 1.807) is 11.3 Å². The second kappa shape index (κ2) is 5.23. The summed E-state index contributed by atoms with van der Waals surface area (Å²) in [7, 11) is 2.05. The van der Waals surface area contributed by atoms with Crippen LogP contribution in [0, 0.1) is 6.92 Å². The van der Waals surface area contributed by atoms with Gasteiger partial charge in [0.2, 0.25) is 0 Å². The average molecular weight is 315 g/mol. The molecule has 1 atom stereocenters. The van der Waals surface area contributed by atoms with Gasteiger partial charge in [-0.25, -0.2) is 4.98 Å². The number of rotatable bonds is 2. The molecule has 0 aromatic carbocycles. The Morgan fingerprint density at radius 3 is 3.00 bits per heavy atom. The van der Waals surface area contributed by atoms with Crippen LogP contribution in [0.3, 0.4) is 0 Å². The van der Waals surface area contributed by atoms with Crippen LogP contribution in [-0.4, -0.2) is 33.4 Å². The van der Waals surface area contributed by atoms with Crippen molar-refractivity contribution in [1.29, 1.82) is 0 Å². The minimum Gasteiger partial charge on any atom is -0.337 e. The van der Waals surface area contributed by atoms with E-state index in [2.05, 4.69) is 21.8 Å². The standard InChI is InChI=1S/C17H21N3OS/c1-11-9-19(2)16(18-11)13-6-7-20(10-13)17(21)15-8-12-4-3-5-14(12)22-15/h8-9,13H,3-7,10H2,1-2H3. The van der Waals surface area contributed by atoms with E-state index >= 15 is 0 Å². The summed E-state index contributed by atoms with van der Waals surface area (Å²) in [5.41, 5.74) is 2.46. The van der Waals surface area contributed by atoms with E-state index in [-0.39, 0.29) is 5.91 Å². The third kappa shape index (κ3) is 2.28. The lowest BCUT2D eigenvalue weighted by atomic mass is 10.1. The van der Waals surface area contributed by atoms with Gasteiger partial charge in [0.1, 0.15) is 5.82 Å². The second-order valence-electron chi connectivity index (χ2n) is 6.50. The molecule has 3 heterocycles. The summed E-state index contributed by atoms with van der Waals surface area (Å²) in [6, 6.07) is 2.13. The number of carbonyl (C=O) groups excluding carboxylic acids is 1. The monoisotopic (exact) mass is 315 g/mol. The number of aryl methyl sites for hydroxylation is 4. The number of hydrogen-bond donors (Lipinski definition) is 0. The molecule has 0 N–H and O–H groups in total. The summed E-state index contributed by atoms with van der Waals surface area (Å²) in [4.78, 5) is 21.7. The van der Waals surface area contributed by atoms with E-state index in [1.165, 1.54) is 16.9 Å². The van der Waals surface area contributed by atoms with Crippen LogP contribution in [0.2, 0.25) is 0 Å². The molecule has 0 bridgehead atoms. The Hall–Kier alpha value is -1.62. The molecular weight excluding hydrogens is 294 g/mol. The first-order chi connectivity index (χ1) is 10.6. The Morgan fingerprint density at radius 1 is 1.41 bits per heavy atom. The van der Waals surface area contributed by atoms with Crippen LogP contribution in [0.15, 0.2) is 12.3 Å². The van der Waals surface area contributed by atoms with Crippen LogP contribution in [0.4, 0.5) is 0 Å². The molecule has 22 heavy (non-hydrogen) atoms. The SMILES string of the molecule is Cc1cn(C)c(C2CCN(C(=O)c3cc4c(s3)CCC4)C2)n1. The lowest BCUT2D eigenvalue weighted by Crippen LogP contribution is -2.28. The fraction of sp³-hybridized carbons (Fsp3) is 0.529. The van der Waals surface area contributed by atoms with E-state index in [0.29, 0.717) is 5.92 Å². The smallest absolute Gasteiger partial charge is 0.263 e. The van der Waals surface area contributed by atoms with Crippen molar-refractivity contribution in [3.63, 3.8) is 0 Å². The van der Waals surface area contributed by atoms with Gasteiger partial charge in [-0.15, -0.1) is 11.3 Å². The first-order valence-corrected chi connectivity index (χ1v) is 8.84. The van der Waals surface area contributed by atoms with Crippen LogP contribution in [-0.2, 0) is 19.9 Å². The minimum atomic E-state index is 0.216. The Labute approximate surface area is 134 Å². The zero-order chi connectivity index (χ0) is 15.3. The van der Waals surface area contributed by atoms with Gasteiger partial charge >= 0.3 is 0 Å². The second-order valence-corrected chi connectivity index (χ2v) is 7.64. The summed E-state index contributed by atoms with van der Waals surface area (Å²) in [6.07, 6.45) is 6.63. The highest BCUT2D eigenvalue weighted by Crippen LogP contribution is 2.33. The number of carbonyl (C=O) groups is 1. The minimum absolute atomic E-state index is 0.216. The van der Waals surface area contributed by atoms with Crippen LogP contribution in [0.1, 0.15) is 50.4 Å². The highest BCUT2D eigenvalue weighted by molar-refractivity contribution is 7.14. The van der Waals surface area contributed by atoms with Crippen molar-refractivity contribution in [2.24, 2.45) is 7.05 Å². The van der Waals surface area contributed by atoms with E-state index in [4.69, 9.17) is 0 Å². The zero-order valence-electron chi connectivity index (χ0n) is 13.1. The maximum Gasteiger partial charge on any atom is 0.263 e. The Morgan fingerprint density at radius 2 is 2.27 bits per heavy atom. The molecule has 116 valence electrons. The summed E-state index contributed by atoms with van der Waals surface area (Å²) >= 11 is 1.71. The highest BCUT2D eigenvalue weighted by atomic mass is 32.1. The van der Waals surface area contributed by atoms with Gasteiger partial charge in [-0.3, -0.25) is 4.79 Å². The van der Waals surface area contributed by atoms with Gasteiger partial charge in [-0.05, 0) is 44.2 Å². The van der Waals surface area contributed by atoms with Crippen molar-refractivity contribution in [1.82, 2.24) is 14.5 Å². The lowest BCUT2D eigenvalue weighted by Gasteiger charge is -2.15. The Balaban J connectivity index is 1.50. The lowest BCUT2D eigenvalue weighted by molar-refractivity contribution is 0.0795. The van der Waals surface area contributed by atoms with E-state index in [1.807, 2.05) is 18.9 Å². The van der Waals surface area contributed by atoms with Gasteiger partial charge in [-0.2, -0.15) is 0 Å². The molecule has 0 saturated carbocycles. The largest absolute Gasteiger partial charge is 0.337 e. The summed E-state index contributed by atoms with van der Waals surface area (Å²) in [6.45, 7) is 3.66. The number of nitrogens with zero attached hydrogens (tertiary/aromatic N) is 3. The van der Waals surface area contributed by atoms with Crippen molar-refractivity contribution >= 4 is 17.2 Å². The highest BCUT2D eigenvalue weighted by Gasteiger charge is 2.31. The van der Waals surface area contributed by atoms with Crippen molar-refractivity contribution < 1.29 is 4.79 Å². The molecule has 1 amide bonds. The van der Waals surface area contributed by atoms with E-state index in [0.717, 1.165) is 48.7 Å². The third-order valence-electron chi connectivity index (χ3n) is 4.83. The number of likely N-dealkylation sites (tertiary alicyclic amines) is 1. The molecule has 4 rings (SSSR count). The Kier molecular flexibility index (Phi) is 3.33. The van der Waals surface area contributed by atoms with Crippen molar-refractivity contribution in [3.8, 4) is 0 Å². The quantitative estimate of drug-likeness (QED) is 0.854. The molecule has 4 nitrogen and oxygen atoms in total. The van der Waals surface area contributed by atoms with Gasteiger partial charge in [0.05, 0.1) is 10.6 Å². The summed E-state index contributed by atoms with van der Waals surface area (Å²) < 4.78 is 2.10. The van der Waals surface area contributed by atoms with Crippen LogP contribution < -0.4 is 0 Å². The number of aromatic nitrogens is 2. The number of thiophene rings is 1. The van der Waals surface area contributed by atoms with Crippen molar-refractivity contribution in [3.05, 3.63) is 39.1 Å². The molecule has 0 radical (unpaired) electrons. The number of imidazole rings is 1. The Bertz CT molecular complexity index is 709. The van der Waals surface area contributed by atoms with Crippen LogP contribution in [0.5, 0.6) is 0 Å². The predicted molar refractivity (Wildman–Crippen MR) is 87.6 cm³/mol. The van der Waals surface area contributed by atoms with Crippen molar-refractivity contribution in [2.45, 2.75) is 38.5 Å². The molecule has 2 aromatic heterocycles. The number of hydrogen-bond acceptors (Lipinski definition) is 3. The maximum atomic E-state index is 12.7. The van der Waals surface area contributed by atoms with Crippen LogP contribution in [0.25, 0.3) is 0 Å². The van der Waals surface area contributed by atoms with Gasteiger partial charge in [-0.1, -0.05) is 0 Å².